The zero-order chi connectivity index (χ0) is 19.4. The van der Waals surface area contributed by atoms with Crippen LogP contribution in [-0.4, -0.2) is 17.4 Å². The average Bonchev–Trinajstić information content (AvgIpc) is 3.09. The lowest BCUT2D eigenvalue weighted by Gasteiger charge is -2.18. The largest absolute Gasteiger partial charge is 0.361 e. The fourth-order valence-electron chi connectivity index (χ4n) is 3.60. The molecule has 27 heavy (non-hydrogen) atoms. The van der Waals surface area contributed by atoms with Crippen LogP contribution in [0.2, 0.25) is 0 Å². The molecule has 1 amide bonds. The van der Waals surface area contributed by atoms with Crippen molar-refractivity contribution in [3.8, 4) is 0 Å². The van der Waals surface area contributed by atoms with Crippen molar-refractivity contribution in [2.45, 2.75) is 46.5 Å². The van der Waals surface area contributed by atoms with Crippen molar-refractivity contribution in [3.63, 3.8) is 0 Å². The maximum absolute atomic E-state index is 12.6. The Morgan fingerprint density at radius 3 is 2.52 bits per heavy atom. The number of benzene rings is 2. The number of hydrogen-bond acceptors (Lipinski definition) is 1. The normalized spacial score (nSPS) is 12.5. The average molecular weight is 363 g/mol. The Kier molecular flexibility index (Phi) is 6.00. The van der Waals surface area contributed by atoms with Crippen molar-refractivity contribution in [2.24, 2.45) is 5.92 Å². The molecule has 142 valence electrons. The van der Waals surface area contributed by atoms with E-state index in [2.05, 4.69) is 86.7 Å². The molecule has 3 nitrogen and oxygen atoms in total. The van der Waals surface area contributed by atoms with Gasteiger partial charge in [-0.05, 0) is 36.0 Å². The van der Waals surface area contributed by atoms with Crippen molar-refractivity contribution in [1.29, 1.82) is 0 Å². The van der Waals surface area contributed by atoms with Crippen molar-refractivity contribution < 1.29 is 4.79 Å². The van der Waals surface area contributed by atoms with Gasteiger partial charge in [0.25, 0.3) is 0 Å². The molecule has 0 saturated heterocycles. The predicted molar refractivity (Wildman–Crippen MR) is 113 cm³/mol. The van der Waals surface area contributed by atoms with Gasteiger partial charge in [-0.3, -0.25) is 4.79 Å². The van der Waals surface area contributed by atoms with E-state index in [1.807, 2.05) is 0 Å². The number of H-pyrrole nitrogens is 1. The number of rotatable bonds is 7. The van der Waals surface area contributed by atoms with E-state index >= 15 is 0 Å². The van der Waals surface area contributed by atoms with Crippen LogP contribution in [0.4, 0.5) is 0 Å². The van der Waals surface area contributed by atoms with Gasteiger partial charge in [-0.1, -0.05) is 68.8 Å². The monoisotopic (exact) mass is 362 g/mol. The van der Waals surface area contributed by atoms with Crippen LogP contribution in [0.25, 0.3) is 10.9 Å². The van der Waals surface area contributed by atoms with E-state index in [-0.39, 0.29) is 11.8 Å². The zero-order valence-corrected chi connectivity index (χ0v) is 16.8. The maximum atomic E-state index is 12.6. The molecule has 3 rings (SSSR count). The molecule has 0 spiro atoms. The summed E-state index contributed by atoms with van der Waals surface area (Å²) in [7, 11) is 0. The van der Waals surface area contributed by atoms with E-state index in [9.17, 15) is 4.79 Å². The molecule has 0 aliphatic heterocycles. The molecule has 1 aromatic heterocycles. The number of carbonyl (C=O) groups excluding carboxylic acids is 1. The van der Waals surface area contributed by atoms with Gasteiger partial charge < -0.3 is 10.3 Å². The molecule has 0 aliphatic rings. The summed E-state index contributed by atoms with van der Waals surface area (Å²) in [5, 5.41) is 4.30. The lowest BCUT2D eigenvalue weighted by Crippen LogP contribution is -2.28. The SMILES string of the molecule is CCc1cccc2c(C(CC(=O)NCC(C)C)c3ccc(C)cc3)c[nH]c12. The molecular formula is C24H30N2O. The number of carbonyl (C=O) groups is 1. The molecule has 0 fully saturated rings. The summed E-state index contributed by atoms with van der Waals surface area (Å²) in [5.41, 5.74) is 6.11. The van der Waals surface area contributed by atoms with Gasteiger partial charge in [0.1, 0.15) is 0 Å². The molecule has 0 bridgehead atoms. The van der Waals surface area contributed by atoms with Crippen LogP contribution in [0.15, 0.2) is 48.7 Å². The summed E-state index contributed by atoms with van der Waals surface area (Å²) in [5.74, 6) is 0.598. The Bertz CT molecular complexity index is 906. The molecule has 0 saturated carbocycles. The van der Waals surface area contributed by atoms with Gasteiger partial charge in [0.2, 0.25) is 5.91 Å². The maximum Gasteiger partial charge on any atom is 0.220 e. The summed E-state index contributed by atoms with van der Waals surface area (Å²) < 4.78 is 0. The van der Waals surface area contributed by atoms with E-state index in [1.165, 1.54) is 33.2 Å². The lowest BCUT2D eigenvalue weighted by atomic mass is 9.87. The van der Waals surface area contributed by atoms with Gasteiger partial charge in [-0.2, -0.15) is 0 Å². The highest BCUT2D eigenvalue weighted by molar-refractivity contribution is 5.88. The number of nitrogens with one attached hydrogen (secondary N) is 2. The summed E-state index contributed by atoms with van der Waals surface area (Å²) in [6.45, 7) is 9.21. The Labute approximate surface area is 162 Å². The van der Waals surface area contributed by atoms with E-state index in [0.29, 0.717) is 18.9 Å². The zero-order valence-electron chi connectivity index (χ0n) is 16.8. The first-order valence-corrected chi connectivity index (χ1v) is 9.91. The third kappa shape index (κ3) is 4.41. The Hall–Kier alpha value is -2.55. The number of para-hydroxylation sites is 1. The summed E-state index contributed by atoms with van der Waals surface area (Å²) in [6, 6.07) is 15.0. The van der Waals surface area contributed by atoms with E-state index in [4.69, 9.17) is 0 Å². The van der Waals surface area contributed by atoms with Gasteiger partial charge in [-0.15, -0.1) is 0 Å². The van der Waals surface area contributed by atoms with Crippen molar-refractivity contribution in [2.75, 3.05) is 6.54 Å². The van der Waals surface area contributed by atoms with Crippen molar-refractivity contribution >= 4 is 16.8 Å². The Morgan fingerprint density at radius 1 is 1.11 bits per heavy atom. The first-order chi connectivity index (χ1) is 13.0. The number of aromatic amines is 1. The second kappa shape index (κ2) is 8.43. The number of aromatic nitrogens is 1. The first-order valence-electron chi connectivity index (χ1n) is 9.91. The van der Waals surface area contributed by atoms with Gasteiger partial charge in [-0.25, -0.2) is 0 Å². The third-order valence-corrected chi connectivity index (χ3v) is 5.17. The molecule has 0 aliphatic carbocycles. The topological polar surface area (TPSA) is 44.9 Å². The highest BCUT2D eigenvalue weighted by Crippen LogP contribution is 2.34. The van der Waals surface area contributed by atoms with Crippen molar-refractivity contribution in [3.05, 3.63) is 70.9 Å². The molecule has 2 aromatic carbocycles. The Balaban J connectivity index is 1.99. The third-order valence-electron chi connectivity index (χ3n) is 5.17. The quantitative estimate of drug-likeness (QED) is 0.586. The minimum Gasteiger partial charge on any atom is -0.361 e. The van der Waals surface area contributed by atoms with Crippen LogP contribution in [0.3, 0.4) is 0 Å². The van der Waals surface area contributed by atoms with Gasteiger partial charge >= 0.3 is 0 Å². The number of amides is 1. The van der Waals surface area contributed by atoms with Crippen LogP contribution in [0.1, 0.15) is 55.4 Å². The smallest absolute Gasteiger partial charge is 0.220 e. The minimum atomic E-state index is 0.0404. The molecule has 1 atom stereocenters. The molecule has 3 heteroatoms. The predicted octanol–water partition coefficient (Wildman–Crippen LogP) is 5.33. The molecule has 1 unspecified atom stereocenters. The van der Waals surface area contributed by atoms with Crippen LogP contribution in [0, 0.1) is 12.8 Å². The van der Waals surface area contributed by atoms with Crippen molar-refractivity contribution in [1.82, 2.24) is 10.3 Å². The van der Waals surface area contributed by atoms with Gasteiger partial charge in [0, 0.05) is 36.0 Å². The molecule has 3 aromatic rings. The molecular weight excluding hydrogens is 332 g/mol. The molecule has 2 N–H and O–H groups in total. The van der Waals surface area contributed by atoms with E-state index < -0.39 is 0 Å². The fraction of sp³-hybridized carbons (Fsp3) is 0.375. The number of aryl methyl sites for hydroxylation is 2. The molecule has 0 radical (unpaired) electrons. The summed E-state index contributed by atoms with van der Waals surface area (Å²) in [4.78, 5) is 16.1. The fourth-order valence-corrected chi connectivity index (χ4v) is 3.60. The van der Waals surface area contributed by atoms with Gasteiger partial charge in [0.15, 0.2) is 0 Å². The van der Waals surface area contributed by atoms with Crippen LogP contribution in [0.5, 0.6) is 0 Å². The number of hydrogen-bond donors (Lipinski definition) is 2. The van der Waals surface area contributed by atoms with Crippen LogP contribution < -0.4 is 5.32 Å². The highest BCUT2D eigenvalue weighted by Gasteiger charge is 2.22. The lowest BCUT2D eigenvalue weighted by molar-refractivity contribution is -0.121. The second-order valence-corrected chi connectivity index (χ2v) is 7.80. The first kappa shape index (κ1) is 19.2. The second-order valence-electron chi connectivity index (χ2n) is 7.80. The highest BCUT2D eigenvalue weighted by atomic mass is 16.1. The standard InChI is InChI=1S/C24H30N2O/c1-5-18-7-6-8-20-22(15-26-24(18)20)21(13-23(27)25-14-16(2)3)19-11-9-17(4)10-12-19/h6-12,15-16,21,26H,5,13-14H2,1-4H3,(H,25,27). The number of fused-ring (bicyclic) bond motifs is 1. The summed E-state index contributed by atoms with van der Waals surface area (Å²) >= 11 is 0. The van der Waals surface area contributed by atoms with E-state index in [0.717, 1.165) is 6.42 Å². The van der Waals surface area contributed by atoms with Crippen LogP contribution in [-0.2, 0) is 11.2 Å². The van der Waals surface area contributed by atoms with Crippen LogP contribution >= 0.6 is 0 Å². The molecule has 1 heterocycles. The Morgan fingerprint density at radius 2 is 1.85 bits per heavy atom. The van der Waals surface area contributed by atoms with Gasteiger partial charge in [0.05, 0.1) is 0 Å². The van der Waals surface area contributed by atoms with E-state index in [1.54, 1.807) is 0 Å². The summed E-state index contributed by atoms with van der Waals surface area (Å²) in [6.07, 6.45) is 3.53. The minimum absolute atomic E-state index is 0.0404.